The zero-order valence-electron chi connectivity index (χ0n) is 11.6. The van der Waals surface area contributed by atoms with Crippen LogP contribution in [0.4, 0.5) is 5.82 Å². The van der Waals surface area contributed by atoms with Crippen molar-refractivity contribution in [3.63, 3.8) is 0 Å². The van der Waals surface area contributed by atoms with E-state index in [1.54, 1.807) is 0 Å². The normalized spacial score (nSPS) is 18.4. The maximum absolute atomic E-state index is 9.27. The molecule has 0 radical (unpaired) electrons. The number of hydrogen-bond acceptors (Lipinski definition) is 4. The van der Waals surface area contributed by atoms with Crippen LogP contribution < -0.4 is 5.32 Å². The minimum absolute atomic E-state index is 0.651. The summed E-state index contributed by atoms with van der Waals surface area (Å²) in [4.78, 5) is 0. The Labute approximate surface area is 114 Å². The summed E-state index contributed by atoms with van der Waals surface area (Å²) in [5.41, 5.74) is 2.43. The van der Waals surface area contributed by atoms with Crippen molar-refractivity contribution in [2.24, 2.45) is 17.8 Å². The van der Waals surface area contributed by atoms with Gasteiger partial charge in [-0.2, -0.15) is 10.4 Å². The molecule has 3 rings (SSSR count). The molecule has 2 fully saturated rings. The minimum Gasteiger partial charge on any atom is -0.367 e. The summed E-state index contributed by atoms with van der Waals surface area (Å²) >= 11 is 0. The Balaban J connectivity index is 1.72. The summed E-state index contributed by atoms with van der Waals surface area (Å²) in [6, 6.07) is 2.25. The van der Waals surface area contributed by atoms with E-state index < -0.39 is 0 Å². The Morgan fingerprint density at radius 3 is 2.37 bits per heavy atom. The third kappa shape index (κ3) is 2.56. The highest BCUT2D eigenvalue weighted by molar-refractivity contribution is 5.55. The first-order chi connectivity index (χ1) is 9.20. The molecule has 0 spiro atoms. The lowest BCUT2D eigenvalue weighted by Crippen LogP contribution is -2.20. The lowest BCUT2D eigenvalue weighted by Gasteiger charge is -2.17. The molecule has 4 heteroatoms. The van der Waals surface area contributed by atoms with Crippen LogP contribution in [0.25, 0.3) is 0 Å². The summed E-state index contributed by atoms with van der Waals surface area (Å²) in [5, 5.41) is 20.9. The van der Waals surface area contributed by atoms with Gasteiger partial charge in [0.2, 0.25) is 0 Å². The van der Waals surface area contributed by atoms with Crippen LogP contribution in [0.2, 0.25) is 0 Å². The number of nitrogens with zero attached hydrogens (tertiary/aromatic N) is 3. The fraction of sp³-hybridized carbons (Fsp3) is 0.667. The van der Waals surface area contributed by atoms with Gasteiger partial charge in [-0.25, -0.2) is 0 Å². The van der Waals surface area contributed by atoms with Crippen molar-refractivity contribution in [2.45, 2.75) is 39.5 Å². The number of anilines is 1. The van der Waals surface area contributed by atoms with Crippen molar-refractivity contribution in [1.82, 2.24) is 10.2 Å². The van der Waals surface area contributed by atoms with Crippen molar-refractivity contribution in [2.75, 3.05) is 11.9 Å². The van der Waals surface area contributed by atoms with Crippen molar-refractivity contribution in [3.8, 4) is 6.07 Å². The van der Waals surface area contributed by atoms with E-state index in [-0.39, 0.29) is 0 Å². The highest BCUT2D eigenvalue weighted by Crippen LogP contribution is 2.49. The third-order valence-electron chi connectivity index (χ3n) is 4.53. The number of aromatic nitrogens is 2. The van der Waals surface area contributed by atoms with Gasteiger partial charge in [0.05, 0.1) is 5.69 Å². The number of nitriles is 1. The Morgan fingerprint density at radius 1 is 1.21 bits per heavy atom. The molecule has 2 aliphatic rings. The summed E-state index contributed by atoms with van der Waals surface area (Å²) in [6.45, 7) is 4.78. The molecule has 1 heterocycles. The molecule has 1 N–H and O–H groups in total. The van der Waals surface area contributed by atoms with Crippen LogP contribution in [0.3, 0.4) is 0 Å². The Kier molecular flexibility index (Phi) is 3.14. The molecule has 2 saturated carbocycles. The van der Waals surface area contributed by atoms with Gasteiger partial charge in [-0.15, -0.1) is 5.10 Å². The maximum atomic E-state index is 9.27. The SMILES string of the molecule is Cc1nnc(NCC(C2CC2)C2CC2)c(C#N)c1C. The second kappa shape index (κ2) is 4.80. The molecule has 0 bridgehead atoms. The lowest BCUT2D eigenvalue weighted by atomic mass is 9.98. The Hall–Kier alpha value is -1.63. The van der Waals surface area contributed by atoms with Crippen LogP contribution >= 0.6 is 0 Å². The zero-order valence-corrected chi connectivity index (χ0v) is 11.6. The summed E-state index contributed by atoms with van der Waals surface area (Å²) in [7, 11) is 0. The Bertz CT molecular complexity index is 512. The van der Waals surface area contributed by atoms with Gasteiger partial charge < -0.3 is 5.32 Å². The topological polar surface area (TPSA) is 61.6 Å². The molecule has 100 valence electrons. The zero-order chi connectivity index (χ0) is 13.4. The van der Waals surface area contributed by atoms with E-state index in [0.29, 0.717) is 11.4 Å². The van der Waals surface area contributed by atoms with Gasteiger partial charge in [-0.1, -0.05) is 0 Å². The molecule has 4 nitrogen and oxygen atoms in total. The molecule has 19 heavy (non-hydrogen) atoms. The largest absolute Gasteiger partial charge is 0.367 e. The average molecular weight is 256 g/mol. The molecule has 1 aromatic rings. The van der Waals surface area contributed by atoms with E-state index >= 15 is 0 Å². The molecule has 0 atom stereocenters. The van der Waals surface area contributed by atoms with Crippen molar-refractivity contribution in [1.29, 1.82) is 5.26 Å². The van der Waals surface area contributed by atoms with E-state index in [0.717, 1.165) is 35.6 Å². The molecular weight excluding hydrogens is 236 g/mol. The standard InChI is InChI=1S/C15H20N4/c1-9-10(2)18-19-15(13(9)7-16)17-8-14(11-3-4-11)12-5-6-12/h11-12,14H,3-6,8H2,1-2H3,(H,17,19). The minimum atomic E-state index is 0.651. The first kappa shape index (κ1) is 12.4. The third-order valence-corrected chi connectivity index (χ3v) is 4.53. The second-order valence-corrected chi connectivity index (χ2v) is 5.97. The molecule has 0 aliphatic heterocycles. The molecule has 0 unspecified atom stereocenters. The van der Waals surface area contributed by atoms with Crippen LogP contribution in [0, 0.1) is 42.9 Å². The van der Waals surface area contributed by atoms with Crippen LogP contribution in [0.1, 0.15) is 42.5 Å². The summed E-state index contributed by atoms with van der Waals surface area (Å²) < 4.78 is 0. The number of nitrogens with one attached hydrogen (secondary N) is 1. The number of rotatable bonds is 5. The quantitative estimate of drug-likeness (QED) is 0.880. The lowest BCUT2D eigenvalue weighted by molar-refractivity contribution is 0.427. The monoisotopic (exact) mass is 256 g/mol. The fourth-order valence-corrected chi connectivity index (χ4v) is 2.85. The van der Waals surface area contributed by atoms with Gasteiger partial charge in [0, 0.05) is 6.54 Å². The molecule has 0 saturated heterocycles. The van der Waals surface area contributed by atoms with Gasteiger partial charge in [0.1, 0.15) is 11.6 Å². The molecule has 2 aliphatic carbocycles. The summed E-state index contributed by atoms with van der Waals surface area (Å²) in [6.07, 6.45) is 5.53. The fourth-order valence-electron chi connectivity index (χ4n) is 2.85. The first-order valence-corrected chi connectivity index (χ1v) is 7.18. The average Bonchev–Trinajstić information content (AvgIpc) is 3.27. The number of aryl methyl sites for hydroxylation is 1. The molecular formula is C15H20N4. The van der Waals surface area contributed by atoms with Gasteiger partial charge in [-0.3, -0.25) is 0 Å². The molecule has 0 aromatic carbocycles. The number of hydrogen-bond donors (Lipinski definition) is 1. The first-order valence-electron chi connectivity index (χ1n) is 7.18. The highest BCUT2D eigenvalue weighted by atomic mass is 15.2. The maximum Gasteiger partial charge on any atom is 0.166 e. The predicted molar refractivity (Wildman–Crippen MR) is 73.6 cm³/mol. The Morgan fingerprint density at radius 2 is 1.84 bits per heavy atom. The van der Waals surface area contributed by atoms with E-state index in [9.17, 15) is 5.26 Å². The van der Waals surface area contributed by atoms with E-state index in [1.165, 1.54) is 25.7 Å². The predicted octanol–water partition coefficient (Wildman–Crippen LogP) is 2.81. The highest BCUT2D eigenvalue weighted by Gasteiger charge is 2.41. The van der Waals surface area contributed by atoms with Crippen molar-refractivity contribution in [3.05, 3.63) is 16.8 Å². The van der Waals surface area contributed by atoms with Crippen LogP contribution in [-0.2, 0) is 0 Å². The van der Waals surface area contributed by atoms with Crippen molar-refractivity contribution < 1.29 is 0 Å². The second-order valence-electron chi connectivity index (χ2n) is 5.97. The van der Waals surface area contributed by atoms with E-state index in [4.69, 9.17) is 0 Å². The van der Waals surface area contributed by atoms with E-state index in [2.05, 4.69) is 21.6 Å². The van der Waals surface area contributed by atoms with Crippen LogP contribution in [0.5, 0.6) is 0 Å². The van der Waals surface area contributed by atoms with Gasteiger partial charge >= 0.3 is 0 Å². The van der Waals surface area contributed by atoms with Crippen molar-refractivity contribution >= 4 is 5.82 Å². The molecule has 1 aromatic heterocycles. The van der Waals surface area contributed by atoms with Crippen LogP contribution in [-0.4, -0.2) is 16.7 Å². The van der Waals surface area contributed by atoms with Gasteiger partial charge in [0.25, 0.3) is 0 Å². The molecule has 0 amide bonds. The van der Waals surface area contributed by atoms with E-state index in [1.807, 2.05) is 13.8 Å². The van der Waals surface area contributed by atoms with Gasteiger partial charge in [0.15, 0.2) is 5.82 Å². The smallest absolute Gasteiger partial charge is 0.166 e. The van der Waals surface area contributed by atoms with Gasteiger partial charge in [-0.05, 0) is 62.8 Å². The summed E-state index contributed by atoms with van der Waals surface area (Å²) in [5.74, 6) is 3.25. The van der Waals surface area contributed by atoms with Crippen LogP contribution in [0.15, 0.2) is 0 Å².